The number of hydrogen-bond donors (Lipinski definition) is 0. The maximum absolute atomic E-state index is 13.7. The molecule has 1 aliphatic heterocycles. The van der Waals surface area contributed by atoms with E-state index in [9.17, 15) is 4.79 Å². The van der Waals surface area contributed by atoms with Crippen molar-refractivity contribution >= 4 is 72.1 Å². The fourth-order valence-corrected chi connectivity index (χ4v) is 6.66. The lowest BCUT2D eigenvalue weighted by Gasteiger charge is -2.16. The molecule has 0 unspecified atom stereocenters. The van der Waals surface area contributed by atoms with Gasteiger partial charge in [0.25, 0.3) is 5.91 Å². The van der Waals surface area contributed by atoms with Crippen LogP contribution in [0.2, 0.25) is 0 Å². The largest absolute Gasteiger partial charge is 0.491 e. The lowest BCUT2D eigenvalue weighted by Crippen LogP contribution is -2.28. The van der Waals surface area contributed by atoms with E-state index in [-0.39, 0.29) is 5.91 Å². The number of unbranched alkanes of at least 4 members (excludes halogenated alkanes) is 5. The van der Waals surface area contributed by atoms with E-state index in [1.807, 2.05) is 80.6 Å². The van der Waals surface area contributed by atoms with Crippen LogP contribution >= 0.6 is 43.6 Å². The van der Waals surface area contributed by atoms with Crippen LogP contribution in [0.4, 0.5) is 11.4 Å². The second-order valence-electron chi connectivity index (χ2n) is 9.75. The van der Waals surface area contributed by atoms with Crippen molar-refractivity contribution in [3.63, 3.8) is 0 Å². The van der Waals surface area contributed by atoms with Gasteiger partial charge < -0.3 is 4.74 Å². The lowest BCUT2D eigenvalue weighted by atomic mass is 10.1. The first-order valence-corrected chi connectivity index (χ1v) is 15.8. The van der Waals surface area contributed by atoms with Crippen molar-refractivity contribution in [3.8, 4) is 5.75 Å². The minimum absolute atomic E-state index is 0.0923. The van der Waals surface area contributed by atoms with Crippen molar-refractivity contribution in [3.05, 3.63) is 91.2 Å². The summed E-state index contributed by atoms with van der Waals surface area (Å²) >= 11 is 8.73. The molecule has 1 fully saturated rings. The summed E-state index contributed by atoms with van der Waals surface area (Å²) in [7, 11) is 0. The van der Waals surface area contributed by atoms with E-state index >= 15 is 0 Å². The molecule has 1 heterocycles. The van der Waals surface area contributed by atoms with Crippen LogP contribution < -0.4 is 9.64 Å². The van der Waals surface area contributed by atoms with Crippen LogP contribution in [0.3, 0.4) is 0 Å². The number of aliphatic imine (C=N–C) groups is 1. The van der Waals surface area contributed by atoms with Crippen LogP contribution in [0, 0.1) is 13.8 Å². The summed E-state index contributed by atoms with van der Waals surface area (Å²) in [4.78, 5) is 20.8. The van der Waals surface area contributed by atoms with Gasteiger partial charge in [0.05, 0.1) is 31.8 Å². The Balaban J connectivity index is 1.55. The molecule has 0 bridgehead atoms. The zero-order valence-corrected chi connectivity index (χ0v) is 26.7. The zero-order valence-electron chi connectivity index (χ0n) is 22.7. The number of ether oxygens (including phenoxy) is 1. The van der Waals surface area contributed by atoms with E-state index in [2.05, 4.69) is 38.8 Å². The molecule has 0 aromatic heterocycles. The maximum Gasteiger partial charge on any atom is 0.271 e. The van der Waals surface area contributed by atoms with Crippen LogP contribution in [-0.2, 0) is 4.79 Å². The SMILES string of the molecule is CCCCCCCCOc1c(Br)cc(/C=C2/SC(=Nc3ccc(C)cc3)N(c3ccc(C)cc3)C2=O)cc1Br. The number of anilines is 1. The molecule has 0 saturated carbocycles. The minimum Gasteiger partial charge on any atom is -0.491 e. The number of rotatable bonds is 11. The molecular formula is C32H34Br2N2O2S. The van der Waals surface area contributed by atoms with Gasteiger partial charge in [0.2, 0.25) is 0 Å². The van der Waals surface area contributed by atoms with E-state index in [0.717, 1.165) is 43.6 Å². The Morgan fingerprint density at radius 1 is 0.872 bits per heavy atom. The number of thioether (sulfide) groups is 1. The van der Waals surface area contributed by atoms with Gasteiger partial charge in [-0.1, -0.05) is 74.4 Å². The standard InChI is InChI=1S/C32H34Br2N2O2S/c1-4-5-6-7-8-9-18-38-30-27(33)19-24(20-28(30)34)21-29-31(37)36(26-16-12-23(3)13-17-26)32(39-29)35-25-14-10-22(2)11-15-25/h10-17,19-21H,4-9,18H2,1-3H3/b29-21+,35-32?. The molecule has 4 rings (SSSR count). The molecule has 4 nitrogen and oxygen atoms in total. The van der Waals surface area contributed by atoms with Gasteiger partial charge in [-0.15, -0.1) is 0 Å². The second-order valence-corrected chi connectivity index (χ2v) is 12.5. The lowest BCUT2D eigenvalue weighted by molar-refractivity contribution is -0.113. The van der Waals surface area contributed by atoms with Crippen LogP contribution in [0.15, 0.2) is 79.5 Å². The fourth-order valence-electron chi connectivity index (χ4n) is 4.21. The van der Waals surface area contributed by atoms with Crippen LogP contribution in [0.1, 0.15) is 62.1 Å². The van der Waals surface area contributed by atoms with Crippen molar-refractivity contribution in [2.75, 3.05) is 11.5 Å². The molecule has 0 radical (unpaired) electrons. The Labute approximate surface area is 253 Å². The van der Waals surface area contributed by atoms with E-state index in [4.69, 9.17) is 9.73 Å². The van der Waals surface area contributed by atoms with Gasteiger partial charge in [-0.25, -0.2) is 4.99 Å². The predicted molar refractivity (Wildman–Crippen MR) is 173 cm³/mol. The van der Waals surface area contributed by atoms with Crippen molar-refractivity contribution in [1.29, 1.82) is 0 Å². The first kappa shape index (κ1) is 29.6. The first-order valence-electron chi connectivity index (χ1n) is 13.4. The van der Waals surface area contributed by atoms with Gasteiger partial charge in [0, 0.05) is 0 Å². The third kappa shape index (κ3) is 8.09. The highest BCUT2D eigenvalue weighted by molar-refractivity contribution is 9.11. The molecule has 39 heavy (non-hydrogen) atoms. The third-order valence-corrected chi connectivity index (χ3v) is 8.57. The highest BCUT2D eigenvalue weighted by Gasteiger charge is 2.34. The summed E-state index contributed by atoms with van der Waals surface area (Å²) in [6, 6.07) is 19.9. The first-order chi connectivity index (χ1) is 18.9. The van der Waals surface area contributed by atoms with Crippen molar-refractivity contribution < 1.29 is 9.53 Å². The molecule has 0 atom stereocenters. The molecule has 0 N–H and O–H groups in total. The number of amidine groups is 1. The highest BCUT2D eigenvalue weighted by atomic mass is 79.9. The number of benzene rings is 3. The van der Waals surface area contributed by atoms with Gasteiger partial charge in [0.1, 0.15) is 5.75 Å². The summed E-state index contributed by atoms with van der Waals surface area (Å²) in [5.74, 6) is 0.698. The second kappa shape index (κ2) is 14.3. The van der Waals surface area contributed by atoms with E-state index in [0.29, 0.717) is 16.7 Å². The molecule has 0 aliphatic carbocycles. The quantitative estimate of drug-likeness (QED) is 0.151. The molecule has 3 aromatic rings. The molecule has 3 aromatic carbocycles. The van der Waals surface area contributed by atoms with Crippen LogP contribution in [-0.4, -0.2) is 17.7 Å². The smallest absolute Gasteiger partial charge is 0.271 e. The molecule has 1 aliphatic rings. The third-order valence-electron chi connectivity index (χ3n) is 6.42. The topological polar surface area (TPSA) is 41.9 Å². The van der Waals surface area contributed by atoms with Gasteiger partial charge in [0.15, 0.2) is 5.17 Å². The monoisotopic (exact) mass is 668 g/mol. The summed E-state index contributed by atoms with van der Waals surface area (Å²) < 4.78 is 7.79. The highest BCUT2D eigenvalue weighted by Crippen LogP contribution is 2.40. The summed E-state index contributed by atoms with van der Waals surface area (Å²) in [5, 5.41) is 0.635. The van der Waals surface area contributed by atoms with Crippen LogP contribution in [0.5, 0.6) is 5.75 Å². The van der Waals surface area contributed by atoms with Crippen LogP contribution in [0.25, 0.3) is 6.08 Å². The average molecular weight is 671 g/mol. The zero-order chi connectivity index (χ0) is 27.8. The average Bonchev–Trinajstić information content (AvgIpc) is 3.20. The van der Waals surface area contributed by atoms with E-state index in [1.165, 1.54) is 49.4 Å². The minimum atomic E-state index is -0.0923. The van der Waals surface area contributed by atoms with Gasteiger partial charge in [-0.2, -0.15) is 0 Å². The maximum atomic E-state index is 13.7. The number of carbonyl (C=O) groups is 1. The number of halogens is 2. The Morgan fingerprint density at radius 2 is 1.46 bits per heavy atom. The number of aryl methyl sites for hydroxylation is 2. The Kier molecular flexibility index (Phi) is 10.9. The predicted octanol–water partition coefficient (Wildman–Crippen LogP) is 10.4. The van der Waals surface area contributed by atoms with Gasteiger partial charge in [-0.3, -0.25) is 9.69 Å². The molecule has 0 spiro atoms. The van der Waals surface area contributed by atoms with Gasteiger partial charge in [-0.05, 0) is 112 Å². The fraction of sp³-hybridized carbons (Fsp3) is 0.312. The van der Waals surface area contributed by atoms with Crippen molar-refractivity contribution in [2.24, 2.45) is 4.99 Å². The number of amides is 1. The number of nitrogens with zero attached hydrogens (tertiary/aromatic N) is 2. The Morgan fingerprint density at radius 3 is 2.10 bits per heavy atom. The Bertz CT molecular complexity index is 1330. The van der Waals surface area contributed by atoms with E-state index in [1.54, 1.807) is 4.90 Å². The summed E-state index contributed by atoms with van der Waals surface area (Å²) in [6.07, 6.45) is 9.25. The number of carbonyl (C=O) groups excluding carboxylic acids is 1. The summed E-state index contributed by atoms with van der Waals surface area (Å²) in [6.45, 7) is 7.00. The number of hydrogen-bond acceptors (Lipinski definition) is 4. The molecule has 1 saturated heterocycles. The molecular weight excluding hydrogens is 636 g/mol. The van der Waals surface area contributed by atoms with E-state index < -0.39 is 0 Å². The molecule has 1 amide bonds. The molecule has 204 valence electrons. The molecule has 7 heteroatoms. The summed E-state index contributed by atoms with van der Waals surface area (Å²) in [5.41, 5.74) is 4.82. The van der Waals surface area contributed by atoms with Crippen molar-refractivity contribution in [2.45, 2.75) is 59.3 Å². The normalized spacial score (nSPS) is 15.5. The van der Waals surface area contributed by atoms with Crippen molar-refractivity contribution in [1.82, 2.24) is 0 Å². The van der Waals surface area contributed by atoms with Gasteiger partial charge >= 0.3 is 0 Å². The Hall–Kier alpha value is -2.35.